The van der Waals surface area contributed by atoms with Crippen molar-refractivity contribution in [2.75, 3.05) is 44.2 Å². The zero-order chi connectivity index (χ0) is 12.1. The van der Waals surface area contributed by atoms with Crippen molar-refractivity contribution in [1.82, 2.24) is 14.9 Å². The molecule has 0 aromatic carbocycles. The first-order valence-corrected chi connectivity index (χ1v) is 6.01. The Morgan fingerprint density at radius 3 is 2.76 bits per heavy atom. The predicted octanol–water partition coefficient (Wildman–Crippen LogP) is -0.759. The molecule has 3 N–H and O–H groups in total. The van der Waals surface area contributed by atoms with Crippen LogP contribution in [0.2, 0.25) is 0 Å². The molecular formula is C11H19N5O. The monoisotopic (exact) mass is 237 g/mol. The van der Waals surface area contributed by atoms with Gasteiger partial charge in [-0.05, 0) is 19.5 Å². The highest BCUT2D eigenvalue weighted by molar-refractivity contribution is 5.36. The van der Waals surface area contributed by atoms with Crippen molar-refractivity contribution in [1.29, 1.82) is 0 Å². The SMILES string of the molecule is NCCCN1CCN(c2cc(=O)[nH]cn2)CC1. The van der Waals surface area contributed by atoms with Gasteiger partial charge in [0.2, 0.25) is 0 Å². The largest absolute Gasteiger partial charge is 0.354 e. The topological polar surface area (TPSA) is 78.2 Å². The zero-order valence-corrected chi connectivity index (χ0v) is 9.93. The van der Waals surface area contributed by atoms with Gasteiger partial charge in [-0.15, -0.1) is 0 Å². The van der Waals surface area contributed by atoms with Gasteiger partial charge >= 0.3 is 0 Å². The molecule has 1 aliphatic heterocycles. The van der Waals surface area contributed by atoms with Crippen LogP contribution in [0.4, 0.5) is 5.82 Å². The van der Waals surface area contributed by atoms with Crippen LogP contribution in [0.1, 0.15) is 6.42 Å². The third kappa shape index (κ3) is 3.28. The molecule has 0 aliphatic carbocycles. The molecular weight excluding hydrogens is 218 g/mol. The molecule has 6 nitrogen and oxygen atoms in total. The number of nitrogens with one attached hydrogen (secondary N) is 1. The van der Waals surface area contributed by atoms with Crippen LogP contribution in [-0.4, -0.2) is 54.1 Å². The normalized spacial score (nSPS) is 17.4. The van der Waals surface area contributed by atoms with Crippen LogP contribution in [0.25, 0.3) is 0 Å². The van der Waals surface area contributed by atoms with Gasteiger partial charge in [0, 0.05) is 32.2 Å². The van der Waals surface area contributed by atoms with Crippen molar-refractivity contribution < 1.29 is 0 Å². The fourth-order valence-corrected chi connectivity index (χ4v) is 2.05. The Morgan fingerprint density at radius 2 is 2.12 bits per heavy atom. The summed E-state index contributed by atoms with van der Waals surface area (Å²) in [5, 5.41) is 0. The zero-order valence-electron chi connectivity index (χ0n) is 9.93. The fourth-order valence-electron chi connectivity index (χ4n) is 2.05. The number of anilines is 1. The minimum atomic E-state index is -0.0967. The molecule has 0 bridgehead atoms. The first-order valence-electron chi connectivity index (χ1n) is 6.01. The molecule has 1 saturated heterocycles. The maximum atomic E-state index is 11.2. The molecule has 1 aromatic rings. The maximum Gasteiger partial charge on any atom is 0.252 e. The smallest absolute Gasteiger partial charge is 0.252 e. The lowest BCUT2D eigenvalue weighted by atomic mass is 10.3. The second kappa shape index (κ2) is 5.79. The summed E-state index contributed by atoms with van der Waals surface area (Å²) in [6.07, 6.45) is 2.50. The van der Waals surface area contributed by atoms with Gasteiger partial charge in [0.1, 0.15) is 5.82 Å². The van der Waals surface area contributed by atoms with E-state index in [-0.39, 0.29) is 5.56 Å². The van der Waals surface area contributed by atoms with E-state index < -0.39 is 0 Å². The number of nitrogens with two attached hydrogens (primary N) is 1. The summed E-state index contributed by atoms with van der Waals surface area (Å²) >= 11 is 0. The molecule has 1 aliphatic rings. The fraction of sp³-hybridized carbons (Fsp3) is 0.636. The van der Waals surface area contributed by atoms with E-state index in [2.05, 4.69) is 19.8 Å². The number of aromatic amines is 1. The van der Waals surface area contributed by atoms with Gasteiger partial charge in [0.05, 0.1) is 6.33 Å². The second-order valence-electron chi connectivity index (χ2n) is 4.24. The highest BCUT2D eigenvalue weighted by Gasteiger charge is 2.17. The van der Waals surface area contributed by atoms with E-state index in [1.807, 2.05) is 0 Å². The Bertz CT molecular complexity index is 397. The van der Waals surface area contributed by atoms with Gasteiger partial charge in [-0.1, -0.05) is 0 Å². The van der Waals surface area contributed by atoms with Crippen LogP contribution >= 0.6 is 0 Å². The van der Waals surface area contributed by atoms with E-state index in [0.29, 0.717) is 0 Å². The molecule has 1 aromatic heterocycles. The van der Waals surface area contributed by atoms with E-state index in [0.717, 1.165) is 51.5 Å². The summed E-state index contributed by atoms with van der Waals surface area (Å²) in [6, 6.07) is 1.55. The number of hydrogen-bond acceptors (Lipinski definition) is 5. The van der Waals surface area contributed by atoms with Crippen LogP contribution in [-0.2, 0) is 0 Å². The molecule has 6 heteroatoms. The number of aromatic nitrogens is 2. The van der Waals surface area contributed by atoms with Crippen molar-refractivity contribution >= 4 is 5.82 Å². The Labute approximate surface area is 100 Å². The summed E-state index contributed by atoms with van der Waals surface area (Å²) in [7, 11) is 0. The standard InChI is InChI=1S/C11H19N5O/c12-2-1-3-15-4-6-16(7-5-15)10-8-11(17)14-9-13-10/h8-9H,1-7,12H2,(H,13,14,17). The van der Waals surface area contributed by atoms with Crippen LogP contribution < -0.4 is 16.2 Å². The average Bonchev–Trinajstić information content (AvgIpc) is 2.37. The van der Waals surface area contributed by atoms with Gasteiger partial charge < -0.3 is 15.6 Å². The minimum absolute atomic E-state index is 0.0967. The van der Waals surface area contributed by atoms with Crippen molar-refractivity contribution in [2.24, 2.45) is 5.73 Å². The number of piperazine rings is 1. The molecule has 0 atom stereocenters. The third-order valence-corrected chi connectivity index (χ3v) is 3.04. The van der Waals surface area contributed by atoms with Gasteiger partial charge in [-0.3, -0.25) is 9.69 Å². The molecule has 0 radical (unpaired) electrons. The van der Waals surface area contributed by atoms with Crippen molar-refractivity contribution in [2.45, 2.75) is 6.42 Å². The van der Waals surface area contributed by atoms with Gasteiger partial charge in [0.25, 0.3) is 5.56 Å². The van der Waals surface area contributed by atoms with Gasteiger partial charge in [-0.2, -0.15) is 0 Å². The lowest BCUT2D eigenvalue weighted by molar-refractivity contribution is 0.256. The molecule has 1 fully saturated rings. The Morgan fingerprint density at radius 1 is 1.35 bits per heavy atom. The van der Waals surface area contributed by atoms with Crippen LogP contribution in [0.15, 0.2) is 17.2 Å². The number of hydrogen-bond donors (Lipinski definition) is 2. The lowest BCUT2D eigenvalue weighted by Crippen LogP contribution is -2.47. The minimum Gasteiger partial charge on any atom is -0.354 e. The van der Waals surface area contributed by atoms with Crippen molar-refractivity contribution in [3.63, 3.8) is 0 Å². The molecule has 0 amide bonds. The number of H-pyrrole nitrogens is 1. The van der Waals surface area contributed by atoms with Crippen LogP contribution in [0.3, 0.4) is 0 Å². The van der Waals surface area contributed by atoms with E-state index >= 15 is 0 Å². The first kappa shape index (κ1) is 12.1. The third-order valence-electron chi connectivity index (χ3n) is 3.04. The lowest BCUT2D eigenvalue weighted by Gasteiger charge is -2.35. The summed E-state index contributed by atoms with van der Waals surface area (Å²) in [5.74, 6) is 0.771. The molecule has 0 unspecified atom stereocenters. The van der Waals surface area contributed by atoms with E-state index in [9.17, 15) is 4.79 Å². The molecule has 2 heterocycles. The van der Waals surface area contributed by atoms with E-state index in [1.165, 1.54) is 6.33 Å². The summed E-state index contributed by atoms with van der Waals surface area (Å²) in [6.45, 7) is 5.66. The highest BCUT2D eigenvalue weighted by atomic mass is 16.1. The Hall–Kier alpha value is -1.40. The molecule has 17 heavy (non-hydrogen) atoms. The molecule has 94 valence electrons. The van der Waals surface area contributed by atoms with Crippen molar-refractivity contribution in [3.8, 4) is 0 Å². The van der Waals surface area contributed by atoms with Crippen molar-refractivity contribution in [3.05, 3.63) is 22.7 Å². The average molecular weight is 237 g/mol. The maximum absolute atomic E-state index is 11.2. The van der Waals surface area contributed by atoms with Crippen LogP contribution in [0, 0.1) is 0 Å². The number of rotatable bonds is 4. The quantitative estimate of drug-likeness (QED) is 0.720. The second-order valence-corrected chi connectivity index (χ2v) is 4.24. The summed E-state index contributed by atoms with van der Waals surface area (Å²) in [5.41, 5.74) is 5.40. The number of nitrogens with zero attached hydrogens (tertiary/aromatic N) is 3. The van der Waals surface area contributed by atoms with E-state index in [4.69, 9.17) is 5.73 Å². The Kier molecular flexibility index (Phi) is 4.11. The highest BCUT2D eigenvalue weighted by Crippen LogP contribution is 2.10. The summed E-state index contributed by atoms with van der Waals surface area (Å²) in [4.78, 5) is 22.5. The van der Waals surface area contributed by atoms with Gasteiger partial charge in [0.15, 0.2) is 0 Å². The summed E-state index contributed by atoms with van der Waals surface area (Å²) < 4.78 is 0. The van der Waals surface area contributed by atoms with Crippen LogP contribution in [0.5, 0.6) is 0 Å². The van der Waals surface area contributed by atoms with Gasteiger partial charge in [-0.25, -0.2) is 4.98 Å². The molecule has 0 spiro atoms. The predicted molar refractivity (Wildman–Crippen MR) is 67.2 cm³/mol. The first-order chi connectivity index (χ1) is 8.29. The van der Waals surface area contributed by atoms with E-state index in [1.54, 1.807) is 6.07 Å². The molecule has 0 saturated carbocycles. The Balaban J connectivity index is 1.88. The molecule has 2 rings (SSSR count).